The predicted molar refractivity (Wildman–Crippen MR) is 76.3 cm³/mol. The van der Waals surface area contributed by atoms with Crippen molar-refractivity contribution in [2.45, 2.75) is 50.2 Å². The molecule has 0 saturated carbocycles. The van der Waals surface area contributed by atoms with Crippen molar-refractivity contribution in [3.63, 3.8) is 0 Å². The summed E-state index contributed by atoms with van der Waals surface area (Å²) in [6, 6.07) is 0. The highest BCUT2D eigenvalue weighted by molar-refractivity contribution is 7.85. The second-order valence-corrected chi connectivity index (χ2v) is 6.74. The van der Waals surface area contributed by atoms with Gasteiger partial charge in [0.2, 0.25) is 0 Å². The Bertz CT molecular complexity index is 507. The van der Waals surface area contributed by atoms with Crippen molar-refractivity contribution < 1.29 is 52.4 Å². The number of hydrogen-bond donors (Lipinski definition) is 5. The van der Waals surface area contributed by atoms with Gasteiger partial charge in [-0.25, -0.2) is 0 Å². The van der Waals surface area contributed by atoms with E-state index in [0.29, 0.717) is 0 Å². The van der Waals surface area contributed by atoms with Gasteiger partial charge in [0.1, 0.15) is 36.3 Å². The molecule has 1 aliphatic heterocycles. The van der Waals surface area contributed by atoms with E-state index >= 15 is 0 Å². The van der Waals surface area contributed by atoms with E-state index in [0.717, 1.165) is 0 Å². The number of esters is 1. The fraction of sp³-hybridized carbons (Fsp3) is 0.917. The number of carbonyl (C=O) groups is 1. The first-order valence-electron chi connectivity index (χ1n) is 7.15. The van der Waals surface area contributed by atoms with Crippen LogP contribution in [0.3, 0.4) is 0 Å². The lowest BCUT2D eigenvalue weighted by atomic mass is 10.00. The third kappa shape index (κ3) is 6.22. The van der Waals surface area contributed by atoms with E-state index in [2.05, 4.69) is 0 Å². The summed E-state index contributed by atoms with van der Waals surface area (Å²) in [6.45, 7) is 0.558. The molecule has 0 aromatic rings. The van der Waals surface area contributed by atoms with Crippen LogP contribution in [0.4, 0.5) is 0 Å². The van der Waals surface area contributed by atoms with Crippen molar-refractivity contribution in [2.75, 3.05) is 19.0 Å². The zero-order valence-corrected chi connectivity index (χ0v) is 13.7. The summed E-state index contributed by atoms with van der Waals surface area (Å²) in [5.41, 5.74) is 0. The molecule has 1 heterocycles. The van der Waals surface area contributed by atoms with Gasteiger partial charge in [-0.15, -0.1) is 0 Å². The van der Waals surface area contributed by atoms with Gasteiger partial charge in [-0.05, 0) is 0 Å². The standard InChI is InChI=1S/C12H22O11S/c1-2-8(14)22-6(3-13)4-21-12-11(17)10(16)9(15)7(23-12)5-24(18,19)20/h6-7,9-13,15-17H,2-5H2,1H3,(H,18,19,20)/t6-,7-,9-,10+,11-,12-/m1/s1. The molecule has 5 N–H and O–H groups in total. The predicted octanol–water partition coefficient (Wildman–Crippen LogP) is -2.99. The first-order valence-corrected chi connectivity index (χ1v) is 8.76. The van der Waals surface area contributed by atoms with Crippen LogP contribution in [0.25, 0.3) is 0 Å². The maximum atomic E-state index is 11.2. The average molecular weight is 374 g/mol. The molecule has 6 atom stereocenters. The molecule has 12 heteroatoms. The molecule has 0 amide bonds. The Kier molecular flexibility index (Phi) is 7.95. The Labute approximate surface area is 138 Å². The van der Waals surface area contributed by atoms with Crippen LogP contribution in [0.5, 0.6) is 0 Å². The summed E-state index contributed by atoms with van der Waals surface area (Å²) < 4.78 is 45.6. The van der Waals surface area contributed by atoms with Crippen molar-refractivity contribution in [1.82, 2.24) is 0 Å². The van der Waals surface area contributed by atoms with E-state index in [-0.39, 0.29) is 6.42 Å². The van der Waals surface area contributed by atoms with Gasteiger partial charge in [0.25, 0.3) is 10.1 Å². The molecule has 0 radical (unpaired) electrons. The van der Waals surface area contributed by atoms with Gasteiger partial charge >= 0.3 is 5.97 Å². The number of aliphatic hydroxyl groups is 4. The first kappa shape index (κ1) is 21.2. The first-order chi connectivity index (χ1) is 11.1. The van der Waals surface area contributed by atoms with Crippen LogP contribution in [0, 0.1) is 0 Å². The number of carbonyl (C=O) groups excluding carboxylic acids is 1. The molecule has 11 nitrogen and oxygen atoms in total. The summed E-state index contributed by atoms with van der Waals surface area (Å²) in [6.07, 6.45) is -9.38. The van der Waals surface area contributed by atoms with E-state index in [1.807, 2.05) is 0 Å². The van der Waals surface area contributed by atoms with Gasteiger partial charge < -0.3 is 34.6 Å². The highest BCUT2D eigenvalue weighted by atomic mass is 32.2. The smallest absolute Gasteiger partial charge is 0.305 e. The molecule has 1 saturated heterocycles. The van der Waals surface area contributed by atoms with Crippen LogP contribution < -0.4 is 0 Å². The molecule has 0 unspecified atom stereocenters. The van der Waals surface area contributed by atoms with Crippen molar-refractivity contribution >= 4 is 16.1 Å². The van der Waals surface area contributed by atoms with Crippen molar-refractivity contribution in [3.05, 3.63) is 0 Å². The molecule has 142 valence electrons. The van der Waals surface area contributed by atoms with Gasteiger partial charge in [-0.2, -0.15) is 8.42 Å². The third-order valence-electron chi connectivity index (χ3n) is 3.28. The van der Waals surface area contributed by atoms with E-state index in [1.165, 1.54) is 0 Å². The summed E-state index contributed by atoms with van der Waals surface area (Å²) >= 11 is 0. The van der Waals surface area contributed by atoms with Crippen molar-refractivity contribution in [3.8, 4) is 0 Å². The number of hydrogen-bond acceptors (Lipinski definition) is 10. The fourth-order valence-electron chi connectivity index (χ4n) is 1.99. The SMILES string of the molecule is CCC(=O)O[C@H](CO)CO[C@@H]1O[C@H](CS(=O)(=O)O)[C@@H](O)[C@H](O)[C@H]1O. The molecule has 0 aromatic carbocycles. The van der Waals surface area contributed by atoms with E-state index in [1.54, 1.807) is 6.92 Å². The Hall–Kier alpha value is -0.860. The monoisotopic (exact) mass is 374 g/mol. The van der Waals surface area contributed by atoms with Crippen LogP contribution in [-0.4, -0.2) is 95.1 Å². The Morgan fingerprint density at radius 2 is 1.83 bits per heavy atom. The van der Waals surface area contributed by atoms with E-state index < -0.39 is 71.9 Å². The molecule has 0 bridgehead atoms. The summed E-state index contributed by atoms with van der Waals surface area (Å²) in [7, 11) is -4.52. The van der Waals surface area contributed by atoms with Gasteiger partial charge in [0.15, 0.2) is 6.29 Å². The number of rotatable bonds is 8. The highest BCUT2D eigenvalue weighted by Gasteiger charge is 2.45. The highest BCUT2D eigenvalue weighted by Crippen LogP contribution is 2.23. The topological polar surface area (TPSA) is 180 Å². The van der Waals surface area contributed by atoms with Crippen LogP contribution in [0.1, 0.15) is 13.3 Å². The third-order valence-corrected chi connectivity index (χ3v) is 4.03. The lowest BCUT2D eigenvalue weighted by molar-refractivity contribution is -0.297. The normalized spacial score (nSPS) is 32.3. The maximum absolute atomic E-state index is 11.2. The van der Waals surface area contributed by atoms with Crippen LogP contribution in [0.15, 0.2) is 0 Å². The second kappa shape index (κ2) is 9.01. The van der Waals surface area contributed by atoms with Gasteiger partial charge in [0.05, 0.1) is 13.2 Å². The molecule has 0 aliphatic carbocycles. The van der Waals surface area contributed by atoms with Gasteiger partial charge in [-0.1, -0.05) is 6.92 Å². The molecular weight excluding hydrogens is 352 g/mol. The zero-order valence-electron chi connectivity index (χ0n) is 12.9. The van der Waals surface area contributed by atoms with E-state index in [9.17, 15) is 28.5 Å². The second-order valence-electron chi connectivity index (χ2n) is 5.24. The molecular formula is C12H22O11S. The minimum Gasteiger partial charge on any atom is -0.457 e. The molecule has 24 heavy (non-hydrogen) atoms. The quantitative estimate of drug-likeness (QED) is 0.216. The van der Waals surface area contributed by atoms with E-state index in [4.69, 9.17) is 23.9 Å². The zero-order chi connectivity index (χ0) is 18.5. The maximum Gasteiger partial charge on any atom is 0.305 e. The average Bonchev–Trinajstić information content (AvgIpc) is 2.51. The summed E-state index contributed by atoms with van der Waals surface area (Å²) in [5.74, 6) is -1.62. The molecule has 1 rings (SSSR count). The minimum atomic E-state index is -4.52. The molecule has 1 aliphatic rings. The Morgan fingerprint density at radius 1 is 1.21 bits per heavy atom. The lowest BCUT2D eigenvalue weighted by Crippen LogP contribution is -2.60. The van der Waals surface area contributed by atoms with Gasteiger partial charge in [0, 0.05) is 6.42 Å². The van der Waals surface area contributed by atoms with Crippen LogP contribution >= 0.6 is 0 Å². The van der Waals surface area contributed by atoms with Crippen LogP contribution in [-0.2, 0) is 29.1 Å². The van der Waals surface area contributed by atoms with Crippen molar-refractivity contribution in [1.29, 1.82) is 0 Å². The summed E-state index contributed by atoms with van der Waals surface area (Å²) in [4.78, 5) is 11.2. The fourth-order valence-corrected chi connectivity index (χ4v) is 2.69. The summed E-state index contributed by atoms with van der Waals surface area (Å²) in [5, 5.41) is 38.3. The molecule has 0 aromatic heterocycles. The lowest BCUT2D eigenvalue weighted by Gasteiger charge is -2.40. The Morgan fingerprint density at radius 3 is 2.33 bits per heavy atom. The number of ether oxygens (including phenoxy) is 3. The van der Waals surface area contributed by atoms with Gasteiger partial charge in [-0.3, -0.25) is 9.35 Å². The molecule has 1 fully saturated rings. The molecule has 0 spiro atoms. The van der Waals surface area contributed by atoms with Crippen LogP contribution in [0.2, 0.25) is 0 Å². The minimum absolute atomic E-state index is 0.0698. The number of aliphatic hydroxyl groups excluding tert-OH is 4. The Balaban J connectivity index is 2.69. The van der Waals surface area contributed by atoms with Crippen molar-refractivity contribution in [2.24, 2.45) is 0 Å². The largest absolute Gasteiger partial charge is 0.457 e.